The summed E-state index contributed by atoms with van der Waals surface area (Å²) in [5.74, 6) is -1.51. The normalized spacial score (nSPS) is 13.6. The van der Waals surface area contributed by atoms with Gasteiger partial charge in [-0.05, 0) is 48.4 Å². The minimum atomic E-state index is -4.63. The second-order valence-electron chi connectivity index (χ2n) is 6.25. The molecule has 3 rings (SSSR count). The van der Waals surface area contributed by atoms with Gasteiger partial charge in [0.2, 0.25) is 0 Å². The molecule has 1 aliphatic heterocycles. The Morgan fingerprint density at radius 3 is 2.79 bits per heavy atom. The van der Waals surface area contributed by atoms with Gasteiger partial charge in [-0.1, -0.05) is 18.7 Å². The number of fused-ring (bicyclic) bond motifs is 1. The molecule has 0 saturated carbocycles. The largest absolute Gasteiger partial charge is 0.489 e. The van der Waals surface area contributed by atoms with Crippen LogP contribution in [0.4, 0.5) is 23.2 Å². The molecule has 4 nitrogen and oxygen atoms in total. The van der Waals surface area contributed by atoms with Crippen molar-refractivity contribution >= 4 is 11.6 Å². The van der Waals surface area contributed by atoms with Gasteiger partial charge in [0, 0.05) is 6.54 Å². The van der Waals surface area contributed by atoms with E-state index in [9.17, 15) is 22.4 Å². The molecule has 148 valence electrons. The molecule has 0 aliphatic carbocycles. The topological polar surface area (TPSA) is 50.4 Å². The van der Waals surface area contributed by atoms with Crippen LogP contribution in [0.3, 0.4) is 0 Å². The maximum atomic E-state index is 14.7. The highest BCUT2D eigenvalue weighted by Gasteiger charge is 2.32. The molecule has 0 spiro atoms. The first-order valence-corrected chi connectivity index (χ1v) is 8.58. The van der Waals surface area contributed by atoms with Gasteiger partial charge in [0.15, 0.2) is 0 Å². The molecule has 28 heavy (non-hydrogen) atoms. The van der Waals surface area contributed by atoms with E-state index in [0.29, 0.717) is 31.1 Å². The van der Waals surface area contributed by atoms with Gasteiger partial charge >= 0.3 is 6.18 Å². The number of hydrogen-bond donors (Lipinski definition) is 2. The van der Waals surface area contributed by atoms with Crippen LogP contribution >= 0.6 is 0 Å². The number of rotatable bonds is 5. The van der Waals surface area contributed by atoms with Crippen molar-refractivity contribution in [2.75, 3.05) is 18.5 Å². The molecular weight excluding hydrogens is 376 g/mol. The fourth-order valence-electron chi connectivity index (χ4n) is 2.98. The lowest BCUT2D eigenvalue weighted by atomic mass is 9.99. The van der Waals surface area contributed by atoms with E-state index in [-0.39, 0.29) is 23.6 Å². The molecule has 0 radical (unpaired) electrons. The van der Waals surface area contributed by atoms with E-state index < -0.39 is 23.5 Å². The van der Waals surface area contributed by atoms with Crippen molar-refractivity contribution in [1.82, 2.24) is 5.32 Å². The van der Waals surface area contributed by atoms with Gasteiger partial charge < -0.3 is 15.4 Å². The first kappa shape index (κ1) is 19.9. The zero-order chi connectivity index (χ0) is 20.3. The number of ether oxygens (including phenoxy) is 1. The van der Waals surface area contributed by atoms with Gasteiger partial charge in [0.25, 0.3) is 5.91 Å². The summed E-state index contributed by atoms with van der Waals surface area (Å²) < 4.78 is 59.1. The first-order valence-electron chi connectivity index (χ1n) is 8.58. The highest BCUT2D eigenvalue weighted by atomic mass is 19.4. The van der Waals surface area contributed by atoms with E-state index >= 15 is 0 Å². The standard InChI is InChI=1S/C20H18F4N2O2/c1-2-9-28-17-6-4-13(20(22,23)24)10-15(17)19(27)26-16-5-3-12-11-25-8-7-14(12)18(16)21/h2-6,10,25H,1,7-9,11H2,(H,26,27). The maximum Gasteiger partial charge on any atom is 0.416 e. The molecule has 0 bridgehead atoms. The summed E-state index contributed by atoms with van der Waals surface area (Å²) in [6, 6.07) is 5.66. The molecule has 1 amide bonds. The van der Waals surface area contributed by atoms with Crippen molar-refractivity contribution in [3.05, 3.63) is 71.1 Å². The van der Waals surface area contributed by atoms with Crippen molar-refractivity contribution in [1.29, 1.82) is 0 Å². The SMILES string of the molecule is C=CCOc1ccc(C(F)(F)F)cc1C(=O)Nc1ccc2c(c1F)CCNC2. The van der Waals surface area contributed by atoms with Crippen LogP contribution in [-0.4, -0.2) is 19.1 Å². The monoisotopic (exact) mass is 394 g/mol. The third-order valence-electron chi connectivity index (χ3n) is 4.36. The molecule has 2 aromatic rings. The van der Waals surface area contributed by atoms with Crippen molar-refractivity contribution < 1.29 is 27.1 Å². The third kappa shape index (κ3) is 4.17. The number of halogens is 4. The van der Waals surface area contributed by atoms with Crippen LogP contribution in [0.15, 0.2) is 43.0 Å². The number of alkyl halides is 3. The molecule has 0 unspecified atom stereocenters. The van der Waals surface area contributed by atoms with Crippen molar-refractivity contribution in [2.24, 2.45) is 0 Å². The van der Waals surface area contributed by atoms with E-state index in [1.807, 2.05) is 0 Å². The minimum Gasteiger partial charge on any atom is -0.489 e. The van der Waals surface area contributed by atoms with Gasteiger partial charge in [-0.25, -0.2) is 4.39 Å². The molecular formula is C20H18F4N2O2. The van der Waals surface area contributed by atoms with E-state index in [1.54, 1.807) is 6.07 Å². The zero-order valence-electron chi connectivity index (χ0n) is 14.8. The fourth-order valence-corrected chi connectivity index (χ4v) is 2.98. The number of nitrogens with one attached hydrogen (secondary N) is 2. The van der Waals surface area contributed by atoms with Crippen LogP contribution in [0.5, 0.6) is 5.75 Å². The van der Waals surface area contributed by atoms with E-state index in [0.717, 1.165) is 17.7 Å². The molecule has 0 aromatic heterocycles. The Hall–Kier alpha value is -2.87. The predicted octanol–water partition coefficient (Wildman–Crippen LogP) is 4.31. The van der Waals surface area contributed by atoms with Crippen LogP contribution in [0.25, 0.3) is 0 Å². The van der Waals surface area contributed by atoms with Crippen LogP contribution < -0.4 is 15.4 Å². The van der Waals surface area contributed by atoms with Crippen LogP contribution in [0.1, 0.15) is 27.0 Å². The second kappa shape index (κ2) is 8.02. The Balaban J connectivity index is 1.94. The quantitative estimate of drug-likeness (QED) is 0.587. The Bertz CT molecular complexity index is 910. The summed E-state index contributed by atoms with van der Waals surface area (Å²) in [6.07, 6.45) is -2.77. The van der Waals surface area contributed by atoms with E-state index in [4.69, 9.17) is 4.74 Å². The third-order valence-corrected chi connectivity index (χ3v) is 4.36. The Kier molecular flexibility index (Phi) is 5.69. The van der Waals surface area contributed by atoms with Crippen molar-refractivity contribution in [3.8, 4) is 5.75 Å². The lowest BCUT2D eigenvalue weighted by Gasteiger charge is -2.20. The Morgan fingerprint density at radius 1 is 1.29 bits per heavy atom. The van der Waals surface area contributed by atoms with Crippen molar-refractivity contribution in [2.45, 2.75) is 19.1 Å². The number of benzene rings is 2. The minimum absolute atomic E-state index is 0.00580. The highest BCUT2D eigenvalue weighted by Crippen LogP contribution is 2.33. The summed E-state index contributed by atoms with van der Waals surface area (Å²) in [5.41, 5.74) is -0.145. The summed E-state index contributed by atoms with van der Waals surface area (Å²) in [6.45, 7) is 4.60. The summed E-state index contributed by atoms with van der Waals surface area (Å²) in [5, 5.41) is 5.48. The predicted molar refractivity (Wildman–Crippen MR) is 96.9 cm³/mol. The van der Waals surface area contributed by atoms with Gasteiger partial charge in [0.1, 0.15) is 18.2 Å². The van der Waals surface area contributed by atoms with Crippen LogP contribution in [0, 0.1) is 5.82 Å². The number of amides is 1. The Labute approximate surface area is 159 Å². The average molecular weight is 394 g/mol. The first-order chi connectivity index (χ1) is 13.3. The van der Waals surface area contributed by atoms with Crippen molar-refractivity contribution in [3.63, 3.8) is 0 Å². The number of carbonyl (C=O) groups excluding carboxylic acids is 1. The summed E-state index contributed by atoms with van der Waals surface area (Å²) in [7, 11) is 0. The lowest BCUT2D eigenvalue weighted by molar-refractivity contribution is -0.137. The number of anilines is 1. The van der Waals surface area contributed by atoms with E-state index in [1.165, 1.54) is 12.1 Å². The van der Waals surface area contributed by atoms with Gasteiger partial charge in [-0.15, -0.1) is 0 Å². The zero-order valence-corrected chi connectivity index (χ0v) is 14.8. The molecule has 2 N–H and O–H groups in total. The van der Waals surface area contributed by atoms with Gasteiger partial charge in [-0.2, -0.15) is 13.2 Å². The molecule has 2 aromatic carbocycles. The van der Waals surface area contributed by atoms with Crippen LogP contribution in [-0.2, 0) is 19.1 Å². The molecule has 1 aliphatic rings. The second-order valence-corrected chi connectivity index (χ2v) is 6.25. The maximum absolute atomic E-state index is 14.7. The Morgan fingerprint density at radius 2 is 2.07 bits per heavy atom. The number of carbonyl (C=O) groups is 1. The molecule has 8 heteroatoms. The summed E-state index contributed by atoms with van der Waals surface area (Å²) >= 11 is 0. The fraction of sp³-hybridized carbons (Fsp3) is 0.250. The van der Waals surface area contributed by atoms with Gasteiger partial charge in [-0.3, -0.25) is 4.79 Å². The smallest absolute Gasteiger partial charge is 0.416 e. The number of hydrogen-bond acceptors (Lipinski definition) is 3. The molecule has 0 fully saturated rings. The molecule has 0 saturated heterocycles. The molecule has 0 atom stereocenters. The summed E-state index contributed by atoms with van der Waals surface area (Å²) in [4.78, 5) is 12.6. The van der Waals surface area contributed by atoms with E-state index in [2.05, 4.69) is 17.2 Å². The average Bonchev–Trinajstić information content (AvgIpc) is 2.67. The van der Waals surface area contributed by atoms with Gasteiger partial charge in [0.05, 0.1) is 16.8 Å². The highest BCUT2D eigenvalue weighted by molar-refractivity contribution is 6.06. The van der Waals surface area contributed by atoms with Crippen LogP contribution in [0.2, 0.25) is 0 Å². The lowest BCUT2D eigenvalue weighted by Crippen LogP contribution is -2.25. The molecule has 1 heterocycles.